The molecular weight excluding hydrogens is 328 g/mol. The van der Waals surface area contributed by atoms with Crippen LogP contribution in [-0.2, 0) is 0 Å². The maximum Gasteiger partial charge on any atom is 0.181 e. The van der Waals surface area contributed by atoms with Gasteiger partial charge in [0.1, 0.15) is 5.82 Å². The van der Waals surface area contributed by atoms with Gasteiger partial charge in [-0.05, 0) is 37.6 Å². The van der Waals surface area contributed by atoms with Gasteiger partial charge in [0, 0.05) is 34.1 Å². The Labute approximate surface area is 155 Å². The number of piperazine rings is 1. The summed E-state index contributed by atoms with van der Waals surface area (Å²) in [6, 6.07) is 9.92. The van der Waals surface area contributed by atoms with Gasteiger partial charge in [-0.25, -0.2) is 9.97 Å². The fourth-order valence-electron chi connectivity index (χ4n) is 3.41. The third kappa shape index (κ3) is 3.04. The fraction of sp³-hybridized carbons (Fsp3) is 0.421. The van der Waals surface area contributed by atoms with Crippen molar-refractivity contribution in [2.24, 2.45) is 0 Å². The van der Waals surface area contributed by atoms with Crippen molar-refractivity contribution < 1.29 is 7.96 Å². The monoisotopic (exact) mass is 356 g/mol. The van der Waals surface area contributed by atoms with E-state index in [1.165, 1.54) is 0 Å². The van der Waals surface area contributed by atoms with Crippen LogP contribution in [0.25, 0.3) is 22.4 Å². The summed E-state index contributed by atoms with van der Waals surface area (Å²) in [5.74, 6) is 0.910. The van der Waals surface area contributed by atoms with E-state index in [0.29, 0.717) is 12.1 Å². The van der Waals surface area contributed by atoms with E-state index in [1.807, 2.05) is 44.2 Å². The van der Waals surface area contributed by atoms with Crippen molar-refractivity contribution in [2.45, 2.75) is 31.9 Å². The Balaban J connectivity index is 0.00000140. The minimum absolute atomic E-state index is 0. The summed E-state index contributed by atoms with van der Waals surface area (Å²) in [7, 11) is 0. The van der Waals surface area contributed by atoms with E-state index in [4.69, 9.17) is 4.98 Å². The average molecular weight is 356 g/mol. The summed E-state index contributed by atoms with van der Waals surface area (Å²) < 4.78 is 0. The number of anilines is 1. The van der Waals surface area contributed by atoms with Gasteiger partial charge >= 0.3 is 0 Å². The molecule has 1 aliphatic heterocycles. The first-order valence-corrected chi connectivity index (χ1v) is 9.06. The molecule has 0 aromatic carbocycles. The second kappa shape index (κ2) is 6.66. The summed E-state index contributed by atoms with van der Waals surface area (Å²) in [6.07, 6.45) is 2.44. The molecule has 0 spiro atoms. The van der Waals surface area contributed by atoms with E-state index in [-0.39, 0.29) is 8.90 Å². The quantitative estimate of drug-likeness (QED) is 0.665. The molecule has 1 fully saturated rings. The zero-order valence-corrected chi connectivity index (χ0v) is 15.1. The van der Waals surface area contributed by atoms with Crippen LogP contribution in [0.1, 0.15) is 23.1 Å². The van der Waals surface area contributed by atoms with Crippen molar-refractivity contribution in [3.05, 3.63) is 36.5 Å². The molecule has 0 saturated carbocycles. The first-order valence-electron chi connectivity index (χ1n) is 9.06. The Hall–Kier alpha value is -2.51. The summed E-state index contributed by atoms with van der Waals surface area (Å²) in [5, 5.41) is 22.3. The molecule has 0 bridgehead atoms. The van der Waals surface area contributed by atoms with Crippen molar-refractivity contribution in [2.75, 3.05) is 24.5 Å². The van der Waals surface area contributed by atoms with Crippen molar-refractivity contribution in [3.63, 3.8) is 0 Å². The second-order valence-corrected chi connectivity index (χ2v) is 7.02. The number of nitrogens with one attached hydrogen (secondary N) is 2. The number of nitrogens with zero attached hydrogens (tertiary/aromatic N) is 4. The molecule has 3 N–H and O–H groups in total. The first-order chi connectivity index (χ1) is 12.6. The van der Waals surface area contributed by atoms with Gasteiger partial charge in [0.2, 0.25) is 0 Å². The molecule has 0 aliphatic carbocycles. The highest BCUT2D eigenvalue weighted by atomic mass is 16.3. The normalized spacial score (nSPS) is 20.3. The number of pyridine rings is 2. The summed E-state index contributed by atoms with van der Waals surface area (Å²) in [4.78, 5) is 11.3. The molecule has 3 aromatic rings. The van der Waals surface area contributed by atoms with E-state index in [9.17, 15) is 5.11 Å². The van der Waals surface area contributed by atoms with Crippen LogP contribution in [0.15, 0.2) is 36.5 Å². The number of hydrogen-bond donors (Lipinski definition) is 3. The van der Waals surface area contributed by atoms with Crippen LogP contribution in [0.4, 0.5) is 5.82 Å². The van der Waals surface area contributed by atoms with Crippen molar-refractivity contribution in [3.8, 4) is 11.4 Å². The molecule has 2 atom stereocenters. The third-order valence-electron chi connectivity index (χ3n) is 5.29. The molecule has 1 aliphatic rings. The van der Waals surface area contributed by atoms with Crippen LogP contribution >= 0.6 is 0 Å². The summed E-state index contributed by atoms with van der Waals surface area (Å²) in [5.41, 5.74) is 1.68. The van der Waals surface area contributed by atoms with Gasteiger partial charge in [-0.15, -0.1) is 0 Å². The standard InChI is InChI=1S/C19H24N6O.2H2/c1-3-19(2,26)15-12-25(11-10-20-15)16-8-4-7-14(22-16)17-13-6-5-9-21-18(13)24-23-17;;/h4-9,15,20,26H,3,10-12H2,1-2H3,(H,21,23,24);2*1H. The molecule has 2 unspecified atom stereocenters. The zero-order valence-electron chi connectivity index (χ0n) is 15.1. The average Bonchev–Trinajstić information content (AvgIpc) is 3.12. The van der Waals surface area contributed by atoms with Gasteiger partial charge in [-0.1, -0.05) is 13.0 Å². The minimum Gasteiger partial charge on any atom is -0.388 e. The van der Waals surface area contributed by atoms with E-state index >= 15 is 0 Å². The van der Waals surface area contributed by atoms with Gasteiger partial charge in [-0.2, -0.15) is 5.10 Å². The third-order valence-corrected chi connectivity index (χ3v) is 5.29. The number of H-pyrrole nitrogens is 1. The van der Waals surface area contributed by atoms with Crippen molar-refractivity contribution in [1.82, 2.24) is 25.5 Å². The number of fused-ring (bicyclic) bond motifs is 1. The van der Waals surface area contributed by atoms with E-state index in [2.05, 4.69) is 25.4 Å². The second-order valence-electron chi connectivity index (χ2n) is 7.02. The Morgan fingerprint density at radius 2 is 2.23 bits per heavy atom. The van der Waals surface area contributed by atoms with Crippen LogP contribution in [0.5, 0.6) is 0 Å². The van der Waals surface area contributed by atoms with Gasteiger partial charge in [0.25, 0.3) is 0 Å². The number of aromatic nitrogens is 4. The molecule has 140 valence electrons. The zero-order chi connectivity index (χ0) is 18.1. The first kappa shape index (κ1) is 16.9. The predicted octanol–water partition coefficient (Wildman–Crippen LogP) is 2.45. The van der Waals surface area contributed by atoms with E-state index in [1.54, 1.807) is 6.20 Å². The Bertz CT molecular complexity index is 916. The molecule has 1 saturated heterocycles. The number of hydrogen-bond acceptors (Lipinski definition) is 6. The van der Waals surface area contributed by atoms with Gasteiger partial charge < -0.3 is 15.3 Å². The summed E-state index contributed by atoms with van der Waals surface area (Å²) >= 11 is 0. The maximum atomic E-state index is 10.6. The Morgan fingerprint density at radius 3 is 3.08 bits per heavy atom. The lowest BCUT2D eigenvalue weighted by molar-refractivity contribution is 0.0145. The smallest absolute Gasteiger partial charge is 0.181 e. The highest BCUT2D eigenvalue weighted by molar-refractivity contribution is 5.89. The molecule has 3 aromatic heterocycles. The van der Waals surface area contributed by atoms with Crippen molar-refractivity contribution in [1.29, 1.82) is 0 Å². The molecule has 7 heteroatoms. The maximum absolute atomic E-state index is 10.6. The van der Waals surface area contributed by atoms with Gasteiger partial charge in [0.05, 0.1) is 23.0 Å². The fourth-order valence-corrected chi connectivity index (χ4v) is 3.41. The minimum atomic E-state index is -0.735. The lowest BCUT2D eigenvalue weighted by atomic mass is 9.92. The number of aliphatic hydroxyl groups is 1. The SMILES string of the molecule is CCC(C)(O)C1CN(c2cccc(-c3[nH]nc4ncccc34)n2)CCN1.[HH].[HH]. The van der Waals surface area contributed by atoms with Crippen LogP contribution in [-0.4, -0.2) is 56.5 Å². The van der Waals surface area contributed by atoms with Gasteiger partial charge in [0.15, 0.2) is 5.65 Å². The van der Waals surface area contributed by atoms with Crippen LogP contribution in [0.2, 0.25) is 0 Å². The molecule has 7 nitrogen and oxygen atoms in total. The largest absolute Gasteiger partial charge is 0.388 e. The van der Waals surface area contributed by atoms with Crippen LogP contribution < -0.4 is 10.2 Å². The Morgan fingerprint density at radius 1 is 1.35 bits per heavy atom. The summed E-state index contributed by atoms with van der Waals surface area (Å²) in [6.45, 7) is 6.31. The molecule has 4 rings (SSSR count). The lowest BCUT2D eigenvalue weighted by Crippen LogP contribution is -2.60. The predicted molar refractivity (Wildman–Crippen MR) is 106 cm³/mol. The number of aromatic amines is 1. The highest BCUT2D eigenvalue weighted by Gasteiger charge is 2.34. The van der Waals surface area contributed by atoms with E-state index < -0.39 is 5.60 Å². The van der Waals surface area contributed by atoms with Crippen LogP contribution in [0, 0.1) is 0 Å². The molecule has 0 amide bonds. The number of rotatable bonds is 4. The highest BCUT2D eigenvalue weighted by Crippen LogP contribution is 2.26. The van der Waals surface area contributed by atoms with E-state index in [0.717, 1.165) is 42.2 Å². The van der Waals surface area contributed by atoms with Gasteiger partial charge in [-0.3, -0.25) is 5.10 Å². The Kier molecular flexibility index (Phi) is 4.34. The van der Waals surface area contributed by atoms with Crippen molar-refractivity contribution >= 4 is 16.9 Å². The molecule has 26 heavy (non-hydrogen) atoms. The molecule has 4 heterocycles. The van der Waals surface area contributed by atoms with Crippen LogP contribution in [0.3, 0.4) is 0 Å². The molecule has 0 radical (unpaired) electrons. The topological polar surface area (TPSA) is 90.0 Å². The lowest BCUT2D eigenvalue weighted by Gasteiger charge is -2.41. The molecular formula is C19H28N6O.